The van der Waals surface area contributed by atoms with Crippen LogP contribution in [0.25, 0.3) is 10.8 Å². The summed E-state index contributed by atoms with van der Waals surface area (Å²) in [6.07, 6.45) is 0. The van der Waals surface area contributed by atoms with Gasteiger partial charge < -0.3 is 4.74 Å². The second-order valence-electron chi connectivity index (χ2n) is 6.62. The van der Waals surface area contributed by atoms with Gasteiger partial charge in [-0.25, -0.2) is 10.2 Å². The number of hydrogen-bond acceptors (Lipinski definition) is 11. The monoisotopic (exact) mass is 486 g/mol. The molecule has 0 aliphatic rings. The molecule has 0 fully saturated rings. The Labute approximate surface area is 197 Å². The van der Waals surface area contributed by atoms with Crippen LogP contribution < -0.4 is 9.64 Å². The average molecular weight is 486 g/mol. The largest absolute Gasteiger partial charge is 0.494 e. The summed E-state index contributed by atoms with van der Waals surface area (Å²) in [7, 11) is 1.32. The molecule has 0 bridgehead atoms. The molecule has 3 aromatic carbocycles. The van der Waals surface area contributed by atoms with Gasteiger partial charge in [0.25, 0.3) is 11.6 Å². The number of azo groups is 1. The molecule has 0 atom stereocenters. The summed E-state index contributed by atoms with van der Waals surface area (Å²) < 4.78 is 9.62. The van der Waals surface area contributed by atoms with Crippen molar-refractivity contribution in [1.29, 1.82) is 0 Å². The quantitative estimate of drug-likeness (QED) is 0.147. The third-order valence-electron chi connectivity index (χ3n) is 4.56. The first kappa shape index (κ1) is 24.7. The second kappa shape index (κ2) is 11.3. The van der Waals surface area contributed by atoms with Gasteiger partial charge in [-0.05, 0) is 17.5 Å². The summed E-state index contributed by atoms with van der Waals surface area (Å²) in [5.41, 5.74) is 0.204. The first-order chi connectivity index (χ1) is 16.4. The maximum absolute atomic E-state index is 13.0. The fourth-order valence-corrected chi connectivity index (χ4v) is 3.66. The predicted molar refractivity (Wildman–Crippen MR) is 122 cm³/mol. The third-order valence-corrected chi connectivity index (χ3v) is 5.20. The number of nitro groups is 1. The third kappa shape index (κ3) is 5.52. The molecule has 13 heteroatoms. The molecular weight excluding hydrogens is 468 g/mol. The molecule has 0 spiro atoms. The van der Waals surface area contributed by atoms with E-state index < -0.39 is 23.3 Å². The molecule has 3 aromatic rings. The molecule has 0 aliphatic heterocycles. The number of carbonyl (C=O) groups is 2. The molecule has 12 nitrogen and oxygen atoms in total. The number of anilines is 1. The molecule has 0 aliphatic carbocycles. The van der Waals surface area contributed by atoms with E-state index in [-0.39, 0.29) is 22.8 Å². The molecule has 1 N–H and O–H groups in total. The molecule has 176 valence electrons. The smallest absolute Gasteiger partial charge is 0.273 e. The van der Waals surface area contributed by atoms with Crippen molar-refractivity contribution in [2.24, 2.45) is 10.2 Å². The Hall–Kier alpha value is -3.91. The van der Waals surface area contributed by atoms with Gasteiger partial charge >= 0.3 is 0 Å². The molecule has 0 aromatic heterocycles. The zero-order chi connectivity index (χ0) is 24.7. The number of nitrogens with zero attached hydrogens (tertiary/aromatic N) is 4. The lowest BCUT2D eigenvalue weighted by atomic mass is 10.1. The molecular formula is C21H18N4O8S. The summed E-state index contributed by atoms with van der Waals surface area (Å²) in [5, 5.41) is 32.2. The van der Waals surface area contributed by atoms with Crippen LogP contribution in [0.4, 0.5) is 17.1 Å². The van der Waals surface area contributed by atoms with Crippen molar-refractivity contribution in [2.45, 2.75) is 11.8 Å². The lowest BCUT2D eigenvalue weighted by Gasteiger charge is -2.22. The SMILES string of the molecule is COc1cc([N+](=O)[O-])ccc1N=NCC(=O)N(C(C)=O)c1c(SOOO)ccc2ccccc12. The molecule has 0 saturated carbocycles. The molecule has 0 saturated heterocycles. The highest BCUT2D eigenvalue weighted by Gasteiger charge is 2.26. The number of ether oxygens (including phenoxy) is 1. The highest BCUT2D eigenvalue weighted by atomic mass is 32.2. The lowest BCUT2D eigenvalue weighted by molar-refractivity contribution is -0.432. The zero-order valence-electron chi connectivity index (χ0n) is 17.9. The van der Waals surface area contributed by atoms with E-state index >= 15 is 0 Å². The molecule has 3 rings (SSSR count). The van der Waals surface area contributed by atoms with Crippen molar-refractivity contribution < 1.29 is 33.9 Å². The number of rotatable bonds is 9. The Bertz CT molecular complexity index is 1270. The number of carbonyl (C=O) groups excluding carboxylic acids is 2. The van der Waals surface area contributed by atoms with Crippen LogP contribution in [0.3, 0.4) is 0 Å². The van der Waals surface area contributed by atoms with Gasteiger partial charge in [0, 0.05) is 18.4 Å². The van der Waals surface area contributed by atoms with Crippen LogP contribution in [-0.2, 0) is 19.0 Å². The Kier molecular flexibility index (Phi) is 8.21. The highest BCUT2D eigenvalue weighted by Crippen LogP contribution is 2.38. The predicted octanol–water partition coefficient (Wildman–Crippen LogP) is 4.85. The van der Waals surface area contributed by atoms with Crippen molar-refractivity contribution in [3.05, 3.63) is 64.7 Å². The topological polar surface area (TPSA) is 153 Å². The summed E-state index contributed by atoms with van der Waals surface area (Å²) in [6.45, 7) is 0.707. The van der Waals surface area contributed by atoms with Gasteiger partial charge in [0.2, 0.25) is 5.91 Å². The van der Waals surface area contributed by atoms with Crippen LogP contribution in [0.15, 0.2) is 69.7 Å². The van der Waals surface area contributed by atoms with E-state index in [2.05, 4.69) is 19.6 Å². The number of non-ortho nitro benzene ring substituents is 1. The van der Waals surface area contributed by atoms with E-state index in [1.807, 2.05) is 0 Å². The van der Waals surface area contributed by atoms with Gasteiger partial charge in [-0.2, -0.15) is 10.2 Å². The van der Waals surface area contributed by atoms with Gasteiger partial charge in [-0.3, -0.25) is 19.7 Å². The lowest BCUT2D eigenvalue weighted by Crippen LogP contribution is -2.37. The second-order valence-corrected chi connectivity index (χ2v) is 7.36. The fourth-order valence-electron chi connectivity index (χ4n) is 3.15. The minimum atomic E-state index is -0.694. The van der Waals surface area contributed by atoms with Crippen molar-refractivity contribution in [1.82, 2.24) is 0 Å². The summed E-state index contributed by atoms with van der Waals surface area (Å²) in [4.78, 5) is 37.1. The molecule has 0 heterocycles. The minimum Gasteiger partial charge on any atom is -0.494 e. The number of benzene rings is 3. The fraction of sp³-hybridized carbons (Fsp3) is 0.143. The van der Waals surface area contributed by atoms with Crippen molar-refractivity contribution in [3.63, 3.8) is 0 Å². The number of imide groups is 1. The molecule has 0 radical (unpaired) electrons. The molecule has 0 unspecified atom stereocenters. The first-order valence-corrected chi connectivity index (χ1v) is 10.3. The van der Waals surface area contributed by atoms with Crippen LogP contribution in [0, 0.1) is 10.1 Å². The number of nitro benzene ring substituents is 1. The highest BCUT2D eigenvalue weighted by molar-refractivity contribution is 7.94. The Balaban J connectivity index is 1.94. The van der Waals surface area contributed by atoms with Gasteiger partial charge in [0.1, 0.15) is 12.2 Å². The van der Waals surface area contributed by atoms with E-state index in [0.717, 1.165) is 10.3 Å². The van der Waals surface area contributed by atoms with Crippen LogP contribution in [0.2, 0.25) is 0 Å². The number of methoxy groups -OCH3 is 1. The Morgan fingerprint density at radius 2 is 1.94 bits per heavy atom. The Morgan fingerprint density at radius 1 is 1.18 bits per heavy atom. The summed E-state index contributed by atoms with van der Waals surface area (Å²) in [6, 6.07) is 14.2. The standard InChI is InChI=1S/C21H18N4O8S/c1-13(26)24(21-16-6-4-3-5-14(16)7-10-19(21)34-33-32-30)20(27)12-22-23-17-9-8-15(25(28)29)11-18(17)31-2/h3-11,30H,12H2,1-2H3. The van der Waals surface area contributed by atoms with Crippen LogP contribution in [-0.4, -0.2) is 35.6 Å². The maximum atomic E-state index is 13.0. The molecule has 34 heavy (non-hydrogen) atoms. The van der Waals surface area contributed by atoms with E-state index in [1.54, 1.807) is 36.4 Å². The van der Waals surface area contributed by atoms with E-state index in [0.29, 0.717) is 22.3 Å². The first-order valence-electron chi connectivity index (χ1n) is 9.57. The summed E-state index contributed by atoms with van der Waals surface area (Å²) >= 11 is 0.610. The minimum absolute atomic E-state index is 0.0997. The van der Waals surface area contributed by atoms with E-state index in [4.69, 9.17) is 9.99 Å². The van der Waals surface area contributed by atoms with Gasteiger partial charge in [-0.1, -0.05) is 35.4 Å². The van der Waals surface area contributed by atoms with Crippen LogP contribution in [0.1, 0.15) is 6.92 Å². The normalized spacial score (nSPS) is 11.0. The number of hydrogen-bond donors (Lipinski definition) is 1. The Morgan fingerprint density at radius 3 is 2.62 bits per heavy atom. The van der Waals surface area contributed by atoms with Crippen molar-refractivity contribution in [2.75, 3.05) is 18.6 Å². The average Bonchev–Trinajstić information content (AvgIpc) is 2.83. The maximum Gasteiger partial charge on any atom is 0.273 e. The van der Waals surface area contributed by atoms with Crippen LogP contribution >= 0.6 is 12.0 Å². The van der Waals surface area contributed by atoms with Gasteiger partial charge in [-0.15, -0.1) is 4.33 Å². The molecule has 2 amide bonds. The van der Waals surface area contributed by atoms with Crippen molar-refractivity contribution >= 4 is 51.7 Å². The van der Waals surface area contributed by atoms with E-state index in [9.17, 15) is 19.7 Å². The number of fused-ring (bicyclic) bond motifs is 1. The van der Waals surface area contributed by atoms with Crippen LogP contribution in [0.5, 0.6) is 5.75 Å². The van der Waals surface area contributed by atoms with Crippen molar-refractivity contribution in [3.8, 4) is 5.75 Å². The zero-order valence-corrected chi connectivity index (χ0v) is 18.7. The number of amides is 2. The van der Waals surface area contributed by atoms with Gasteiger partial charge in [0.05, 0.1) is 40.7 Å². The van der Waals surface area contributed by atoms with Gasteiger partial charge in [0.15, 0.2) is 5.75 Å². The van der Waals surface area contributed by atoms with E-state index in [1.165, 1.54) is 32.2 Å². The summed E-state index contributed by atoms with van der Waals surface area (Å²) in [5.74, 6) is -1.18.